The molecule has 4 nitrogen and oxygen atoms in total. The van der Waals surface area contributed by atoms with Crippen LogP contribution in [0.2, 0.25) is 0 Å². The first kappa shape index (κ1) is 13.5. The van der Waals surface area contributed by atoms with E-state index in [1.165, 1.54) is 4.90 Å². The number of carbonyl (C=O) groups is 1. The van der Waals surface area contributed by atoms with E-state index in [1.807, 2.05) is 21.0 Å². The molecule has 94 valence electrons. The fraction of sp³-hybridized carbons (Fsp3) is 0.462. The second-order valence-electron chi connectivity index (χ2n) is 4.31. The van der Waals surface area contributed by atoms with Crippen LogP contribution < -0.4 is 9.64 Å². The van der Waals surface area contributed by atoms with Gasteiger partial charge < -0.3 is 14.4 Å². The minimum absolute atomic E-state index is 0.282. The van der Waals surface area contributed by atoms with Gasteiger partial charge in [0.2, 0.25) is 0 Å². The van der Waals surface area contributed by atoms with Crippen molar-refractivity contribution in [2.24, 2.45) is 0 Å². The Kier molecular flexibility index (Phi) is 4.97. The van der Waals surface area contributed by atoms with Crippen LogP contribution in [-0.2, 0) is 4.74 Å². The van der Waals surface area contributed by atoms with Crippen LogP contribution in [0.4, 0.5) is 0 Å². The van der Waals surface area contributed by atoms with Crippen LogP contribution in [0.1, 0.15) is 17.3 Å². The van der Waals surface area contributed by atoms with Crippen molar-refractivity contribution < 1.29 is 19.2 Å². The van der Waals surface area contributed by atoms with Crippen LogP contribution in [0.25, 0.3) is 0 Å². The molecular formula is C13H20NO3+. The first-order valence-electron chi connectivity index (χ1n) is 5.65. The van der Waals surface area contributed by atoms with E-state index in [0.29, 0.717) is 17.9 Å². The number of nitrogens with one attached hydrogen (secondary N) is 1. The van der Waals surface area contributed by atoms with E-state index in [0.717, 1.165) is 0 Å². The van der Waals surface area contributed by atoms with Gasteiger partial charge >= 0.3 is 5.97 Å². The Balaban J connectivity index is 2.57. The first-order chi connectivity index (χ1) is 8.04. The van der Waals surface area contributed by atoms with Crippen molar-refractivity contribution in [1.82, 2.24) is 0 Å². The van der Waals surface area contributed by atoms with Gasteiger partial charge in [0.05, 0.1) is 26.8 Å². The van der Waals surface area contributed by atoms with Crippen molar-refractivity contribution >= 4 is 5.97 Å². The minimum Gasteiger partial charge on any atom is -0.497 e. The molecule has 0 bridgehead atoms. The SMILES string of the molecule is COc1cccc(C(=O)OC[C@H](C)[NH+](C)C)c1. The van der Waals surface area contributed by atoms with Crippen LogP contribution in [0, 0.1) is 0 Å². The average molecular weight is 238 g/mol. The number of benzene rings is 1. The summed E-state index contributed by atoms with van der Waals surface area (Å²) in [5.74, 6) is 0.350. The Hall–Kier alpha value is -1.55. The van der Waals surface area contributed by atoms with Crippen LogP contribution in [-0.4, -0.2) is 39.8 Å². The summed E-state index contributed by atoms with van der Waals surface area (Å²) < 4.78 is 10.3. The highest BCUT2D eigenvalue weighted by atomic mass is 16.5. The zero-order chi connectivity index (χ0) is 12.8. The molecule has 0 saturated carbocycles. The molecular weight excluding hydrogens is 218 g/mol. The average Bonchev–Trinajstić information content (AvgIpc) is 2.35. The first-order valence-corrected chi connectivity index (χ1v) is 5.65. The lowest BCUT2D eigenvalue weighted by atomic mass is 10.2. The lowest BCUT2D eigenvalue weighted by Crippen LogP contribution is -3.10. The highest BCUT2D eigenvalue weighted by Crippen LogP contribution is 2.13. The van der Waals surface area contributed by atoms with Crippen LogP contribution >= 0.6 is 0 Å². The topological polar surface area (TPSA) is 40.0 Å². The standard InChI is InChI=1S/C13H19NO3/c1-10(14(2)3)9-17-13(15)11-6-5-7-12(8-11)16-4/h5-8,10H,9H2,1-4H3/p+1/t10-/m0/s1. The molecule has 1 atom stereocenters. The second-order valence-corrected chi connectivity index (χ2v) is 4.31. The van der Waals surface area contributed by atoms with Gasteiger partial charge in [0.15, 0.2) is 0 Å². The largest absolute Gasteiger partial charge is 0.497 e. The maximum Gasteiger partial charge on any atom is 0.338 e. The van der Waals surface area contributed by atoms with Gasteiger partial charge in [-0.3, -0.25) is 0 Å². The summed E-state index contributed by atoms with van der Waals surface area (Å²) in [6, 6.07) is 7.25. The van der Waals surface area contributed by atoms with E-state index >= 15 is 0 Å². The summed E-state index contributed by atoms with van der Waals surface area (Å²) in [5, 5.41) is 0. The van der Waals surface area contributed by atoms with Crippen LogP contribution in [0.5, 0.6) is 5.75 Å². The Bertz CT molecular complexity index is 377. The van der Waals surface area contributed by atoms with Crippen molar-refractivity contribution in [3.63, 3.8) is 0 Å². The number of esters is 1. The molecule has 0 amide bonds. The van der Waals surface area contributed by atoms with Gasteiger partial charge in [0.25, 0.3) is 0 Å². The number of carbonyl (C=O) groups excluding carboxylic acids is 1. The summed E-state index contributed by atoms with van der Waals surface area (Å²) in [5.41, 5.74) is 0.519. The number of quaternary nitrogens is 1. The quantitative estimate of drug-likeness (QED) is 0.754. The van der Waals surface area contributed by atoms with Crippen molar-refractivity contribution in [3.05, 3.63) is 29.8 Å². The summed E-state index contributed by atoms with van der Waals surface area (Å²) >= 11 is 0. The summed E-state index contributed by atoms with van der Waals surface area (Å²) in [6.07, 6.45) is 0. The third kappa shape index (κ3) is 4.07. The van der Waals surface area contributed by atoms with E-state index in [4.69, 9.17) is 9.47 Å². The molecule has 0 aliphatic carbocycles. The molecule has 17 heavy (non-hydrogen) atoms. The lowest BCUT2D eigenvalue weighted by Gasteiger charge is -2.16. The molecule has 0 fully saturated rings. The Morgan fingerprint density at radius 3 is 2.71 bits per heavy atom. The highest BCUT2D eigenvalue weighted by Gasteiger charge is 2.13. The summed E-state index contributed by atoms with van der Waals surface area (Å²) in [6.45, 7) is 2.45. The predicted molar refractivity (Wildman–Crippen MR) is 65.5 cm³/mol. The Morgan fingerprint density at radius 1 is 1.41 bits per heavy atom. The third-order valence-corrected chi connectivity index (χ3v) is 2.76. The van der Waals surface area contributed by atoms with E-state index in [9.17, 15) is 4.79 Å². The van der Waals surface area contributed by atoms with Crippen molar-refractivity contribution in [3.8, 4) is 5.75 Å². The molecule has 0 unspecified atom stereocenters. The molecule has 0 aliphatic rings. The molecule has 1 N–H and O–H groups in total. The fourth-order valence-corrected chi connectivity index (χ4v) is 1.20. The zero-order valence-electron chi connectivity index (χ0n) is 10.8. The Labute approximate surface area is 102 Å². The number of hydrogen-bond acceptors (Lipinski definition) is 3. The van der Waals surface area contributed by atoms with Crippen LogP contribution in [0.15, 0.2) is 24.3 Å². The maximum absolute atomic E-state index is 11.8. The van der Waals surface area contributed by atoms with Gasteiger partial charge in [0, 0.05) is 0 Å². The monoisotopic (exact) mass is 238 g/mol. The molecule has 0 radical (unpaired) electrons. The number of methoxy groups -OCH3 is 1. The molecule has 1 aromatic carbocycles. The van der Waals surface area contributed by atoms with E-state index in [2.05, 4.69) is 0 Å². The lowest BCUT2D eigenvalue weighted by molar-refractivity contribution is -0.883. The summed E-state index contributed by atoms with van der Waals surface area (Å²) in [4.78, 5) is 13.0. The number of hydrogen-bond donors (Lipinski definition) is 1. The fourth-order valence-electron chi connectivity index (χ4n) is 1.20. The molecule has 0 heterocycles. The van der Waals surface area contributed by atoms with Gasteiger partial charge in [-0.15, -0.1) is 0 Å². The molecule has 0 saturated heterocycles. The number of rotatable bonds is 5. The second kappa shape index (κ2) is 6.25. The molecule has 0 aliphatic heterocycles. The van der Waals surface area contributed by atoms with Crippen LogP contribution in [0.3, 0.4) is 0 Å². The number of likely N-dealkylation sites (N-methyl/N-ethyl adjacent to an activating group) is 1. The van der Waals surface area contributed by atoms with Crippen molar-refractivity contribution in [1.29, 1.82) is 0 Å². The smallest absolute Gasteiger partial charge is 0.338 e. The Morgan fingerprint density at radius 2 is 2.12 bits per heavy atom. The molecule has 1 rings (SSSR count). The van der Waals surface area contributed by atoms with Gasteiger partial charge in [0.1, 0.15) is 18.4 Å². The third-order valence-electron chi connectivity index (χ3n) is 2.76. The zero-order valence-corrected chi connectivity index (χ0v) is 10.8. The molecule has 1 aromatic rings. The number of ether oxygens (including phenoxy) is 2. The van der Waals surface area contributed by atoms with Gasteiger partial charge in [-0.2, -0.15) is 0 Å². The van der Waals surface area contributed by atoms with E-state index in [1.54, 1.807) is 31.4 Å². The van der Waals surface area contributed by atoms with Crippen molar-refractivity contribution in [2.45, 2.75) is 13.0 Å². The molecule has 0 aromatic heterocycles. The molecule has 0 spiro atoms. The van der Waals surface area contributed by atoms with Crippen molar-refractivity contribution in [2.75, 3.05) is 27.8 Å². The van der Waals surface area contributed by atoms with Gasteiger partial charge in [-0.05, 0) is 25.1 Å². The van der Waals surface area contributed by atoms with Gasteiger partial charge in [-0.1, -0.05) is 6.07 Å². The van der Waals surface area contributed by atoms with Gasteiger partial charge in [-0.25, -0.2) is 4.79 Å². The minimum atomic E-state index is -0.308. The summed E-state index contributed by atoms with van der Waals surface area (Å²) in [7, 11) is 5.63. The normalized spacial score (nSPS) is 12.3. The maximum atomic E-state index is 11.8. The highest BCUT2D eigenvalue weighted by molar-refractivity contribution is 5.89. The predicted octanol–water partition coefficient (Wildman–Crippen LogP) is 0.385. The van der Waals surface area contributed by atoms with E-state index in [-0.39, 0.29) is 12.0 Å². The van der Waals surface area contributed by atoms with E-state index < -0.39 is 0 Å². The molecule has 4 heteroatoms.